The largest absolute Gasteiger partial charge is 0.380 e. The first-order valence-electron chi connectivity index (χ1n) is 4.36. The third kappa shape index (κ3) is 3.19. The number of nitrogens with zero attached hydrogens (tertiary/aromatic N) is 2. The van der Waals surface area contributed by atoms with Crippen LogP contribution < -0.4 is 0 Å². The topological polar surface area (TPSA) is 61.2 Å². The molecule has 0 amide bonds. The SMILES string of the molecule is COC(C)Cn1cc(S(=O)(=O)Cl)nc1C. The summed E-state index contributed by atoms with van der Waals surface area (Å²) in [4.78, 5) is 3.86. The first kappa shape index (κ1) is 12.5. The van der Waals surface area contributed by atoms with E-state index in [2.05, 4.69) is 4.98 Å². The van der Waals surface area contributed by atoms with Crippen molar-refractivity contribution >= 4 is 19.7 Å². The first-order chi connectivity index (χ1) is 6.84. The van der Waals surface area contributed by atoms with Gasteiger partial charge in [-0.15, -0.1) is 0 Å². The van der Waals surface area contributed by atoms with Crippen LogP contribution in [0.3, 0.4) is 0 Å². The van der Waals surface area contributed by atoms with Crippen LogP contribution in [0.2, 0.25) is 0 Å². The summed E-state index contributed by atoms with van der Waals surface area (Å²) in [6, 6.07) is 0. The minimum absolute atomic E-state index is 0.0104. The van der Waals surface area contributed by atoms with Gasteiger partial charge in [0.05, 0.1) is 6.10 Å². The van der Waals surface area contributed by atoms with Crippen LogP contribution >= 0.6 is 10.7 Å². The highest BCUT2D eigenvalue weighted by molar-refractivity contribution is 8.13. The molecule has 0 aliphatic rings. The van der Waals surface area contributed by atoms with Crippen molar-refractivity contribution in [3.05, 3.63) is 12.0 Å². The molecule has 0 saturated carbocycles. The summed E-state index contributed by atoms with van der Waals surface area (Å²) in [7, 11) is 3.03. The molecular weight excluding hydrogens is 240 g/mol. The molecule has 0 N–H and O–H groups in total. The van der Waals surface area contributed by atoms with E-state index in [4.69, 9.17) is 15.4 Å². The van der Waals surface area contributed by atoms with Gasteiger partial charge in [-0.05, 0) is 13.8 Å². The molecule has 1 rings (SSSR count). The minimum atomic E-state index is -3.75. The average Bonchev–Trinajstić information content (AvgIpc) is 2.47. The van der Waals surface area contributed by atoms with Gasteiger partial charge in [-0.1, -0.05) is 0 Å². The summed E-state index contributed by atoms with van der Waals surface area (Å²) in [5, 5.41) is -0.120. The summed E-state index contributed by atoms with van der Waals surface area (Å²) < 4.78 is 28.8. The van der Waals surface area contributed by atoms with E-state index in [0.717, 1.165) is 0 Å². The van der Waals surface area contributed by atoms with Gasteiger partial charge in [0.25, 0.3) is 9.05 Å². The van der Waals surface area contributed by atoms with Crippen molar-refractivity contribution in [2.24, 2.45) is 0 Å². The Morgan fingerprint density at radius 3 is 2.67 bits per heavy atom. The third-order valence-electron chi connectivity index (χ3n) is 2.06. The number of imidazole rings is 1. The van der Waals surface area contributed by atoms with E-state index in [0.29, 0.717) is 12.4 Å². The number of aromatic nitrogens is 2. The van der Waals surface area contributed by atoms with Crippen molar-refractivity contribution in [1.29, 1.82) is 0 Å². The van der Waals surface area contributed by atoms with E-state index in [-0.39, 0.29) is 11.1 Å². The molecule has 1 aromatic rings. The third-order valence-corrected chi connectivity index (χ3v) is 3.23. The molecule has 1 aromatic heterocycles. The van der Waals surface area contributed by atoms with Gasteiger partial charge in [0.1, 0.15) is 5.82 Å². The zero-order valence-electron chi connectivity index (χ0n) is 8.77. The number of hydrogen-bond acceptors (Lipinski definition) is 4. The lowest BCUT2D eigenvalue weighted by atomic mass is 10.4. The minimum Gasteiger partial charge on any atom is -0.380 e. The molecule has 86 valence electrons. The molecule has 0 aliphatic carbocycles. The summed E-state index contributed by atoms with van der Waals surface area (Å²) in [6.45, 7) is 4.14. The maximum Gasteiger partial charge on any atom is 0.280 e. The molecule has 0 spiro atoms. The fraction of sp³-hybridized carbons (Fsp3) is 0.625. The fourth-order valence-corrected chi connectivity index (χ4v) is 1.85. The second-order valence-electron chi connectivity index (χ2n) is 3.26. The van der Waals surface area contributed by atoms with Crippen LogP contribution in [0.4, 0.5) is 0 Å². The molecule has 0 aromatic carbocycles. The molecule has 0 radical (unpaired) electrons. The number of methoxy groups -OCH3 is 1. The molecule has 0 saturated heterocycles. The van der Waals surface area contributed by atoms with Crippen LogP contribution in [0.5, 0.6) is 0 Å². The summed E-state index contributed by atoms with van der Waals surface area (Å²) in [5.41, 5.74) is 0. The highest BCUT2D eigenvalue weighted by atomic mass is 35.7. The molecule has 1 heterocycles. The molecule has 5 nitrogen and oxygen atoms in total. The maximum atomic E-state index is 11.0. The fourth-order valence-electron chi connectivity index (χ4n) is 1.13. The summed E-state index contributed by atoms with van der Waals surface area (Å²) in [5.74, 6) is 0.595. The van der Waals surface area contributed by atoms with Gasteiger partial charge in [0.2, 0.25) is 0 Å². The standard InChI is InChI=1S/C8H13ClN2O3S/c1-6(14-3)4-11-5-8(10-7(11)2)15(9,12)13/h5-6H,4H2,1-3H3. The van der Waals surface area contributed by atoms with E-state index in [1.54, 1.807) is 18.6 Å². The number of halogens is 1. The monoisotopic (exact) mass is 252 g/mol. The molecule has 0 aliphatic heterocycles. The molecule has 1 unspecified atom stereocenters. The van der Waals surface area contributed by atoms with Crippen molar-refractivity contribution in [2.75, 3.05) is 7.11 Å². The Labute approximate surface area is 93.4 Å². The number of aryl methyl sites for hydroxylation is 1. The Hall–Kier alpha value is -0.590. The highest BCUT2D eigenvalue weighted by Gasteiger charge is 2.16. The van der Waals surface area contributed by atoms with Gasteiger partial charge in [-0.2, -0.15) is 0 Å². The average molecular weight is 253 g/mol. The van der Waals surface area contributed by atoms with E-state index in [1.165, 1.54) is 6.20 Å². The smallest absolute Gasteiger partial charge is 0.280 e. The predicted molar refractivity (Wildman–Crippen MR) is 56.5 cm³/mol. The predicted octanol–water partition coefficient (Wildman–Crippen LogP) is 1.15. The van der Waals surface area contributed by atoms with Crippen LogP contribution in [0, 0.1) is 6.92 Å². The van der Waals surface area contributed by atoms with Crippen LogP contribution in [0.15, 0.2) is 11.2 Å². The van der Waals surface area contributed by atoms with E-state index in [1.807, 2.05) is 6.92 Å². The van der Waals surface area contributed by atoms with E-state index < -0.39 is 9.05 Å². The lowest BCUT2D eigenvalue weighted by molar-refractivity contribution is 0.102. The van der Waals surface area contributed by atoms with Crippen molar-refractivity contribution in [1.82, 2.24) is 9.55 Å². The van der Waals surface area contributed by atoms with E-state index >= 15 is 0 Å². The Morgan fingerprint density at radius 2 is 2.27 bits per heavy atom. The number of hydrogen-bond donors (Lipinski definition) is 0. The molecule has 7 heteroatoms. The number of rotatable bonds is 4. The summed E-state index contributed by atoms with van der Waals surface area (Å²) in [6.07, 6.45) is 1.40. The highest BCUT2D eigenvalue weighted by Crippen LogP contribution is 2.14. The van der Waals surface area contributed by atoms with Gasteiger partial charge in [-0.25, -0.2) is 13.4 Å². The van der Waals surface area contributed by atoms with Crippen molar-refractivity contribution < 1.29 is 13.2 Å². The maximum absolute atomic E-state index is 11.0. The lowest BCUT2D eigenvalue weighted by Gasteiger charge is -2.10. The second-order valence-corrected chi connectivity index (χ2v) is 5.78. The van der Waals surface area contributed by atoms with E-state index in [9.17, 15) is 8.42 Å². The van der Waals surface area contributed by atoms with Crippen LogP contribution in [-0.2, 0) is 20.3 Å². The van der Waals surface area contributed by atoms with Crippen molar-refractivity contribution in [3.8, 4) is 0 Å². The van der Waals surface area contributed by atoms with Gasteiger partial charge in [-0.3, -0.25) is 0 Å². The second kappa shape index (κ2) is 4.51. The van der Waals surface area contributed by atoms with Crippen LogP contribution in [0.25, 0.3) is 0 Å². The Morgan fingerprint density at radius 1 is 1.67 bits per heavy atom. The Kier molecular flexibility index (Phi) is 3.75. The van der Waals surface area contributed by atoms with Crippen LogP contribution in [-0.4, -0.2) is 31.2 Å². The molecule has 0 fully saturated rings. The summed E-state index contributed by atoms with van der Waals surface area (Å²) >= 11 is 0. The Bertz CT molecular complexity index is 441. The quantitative estimate of drug-likeness (QED) is 0.755. The van der Waals surface area contributed by atoms with Crippen LogP contribution in [0.1, 0.15) is 12.7 Å². The normalized spacial score (nSPS) is 14.1. The first-order valence-corrected chi connectivity index (χ1v) is 6.66. The molecular formula is C8H13ClN2O3S. The van der Waals surface area contributed by atoms with Crippen molar-refractivity contribution in [2.45, 2.75) is 31.5 Å². The van der Waals surface area contributed by atoms with Gasteiger partial charge < -0.3 is 9.30 Å². The Balaban J connectivity index is 2.97. The van der Waals surface area contributed by atoms with Crippen molar-refractivity contribution in [3.63, 3.8) is 0 Å². The zero-order chi connectivity index (χ0) is 11.6. The zero-order valence-corrected chi connectivity index (χ0v) is 10.3. The molecule has 15 heavy (non-hydrogen) atoms. The lowest BCUT2D eigenvalue weighted by Crippen LogP contribution is -2.14. The van der Waals surface area contributed by atoms with Gasteiger partial charge in [0.15, 0.2) is 5.03 Å². The van der Waals surface area contributed by atoms with Gasteiger partial charge in [0, 0.05) is 30.5 Å². The number of ether oxygens (including phenoxy) is 1. The molecule has 0 bridgehead atoms. The van der Waals surface area contributed by atoms with Gasteiger partial charge >= 0.3 is 0 Å². The molecule has 1 atom stereocenters.